The molecule has 0 aliphatic rings. The molecule has 0 fully saturated rings. The van der Waals surface area contributed by atoms with Gasteiger partial charge in [-0.2, -0.15) is 0 Å². The summed E-state index contributed by atoms with van der Waals surface area (Å²) in [6, 6.07) is 0. The molecule has 0 aliphatic heterocycles. The van der Waals surface area contributed by atoms with E-state index < -0.39 is 3.61 Å². The molecule has 0 bridgehead atoms. The van der Waals surface area contributed by atoms with Crippen molar-refractivity contribution in [2.45, 2.75) is 23.9 Å². The van der Waals surface area contributed by atoms with Crippen LogP contribution in [0.2, 0.25) is 0 Å². The molecule has 0 amide bonds. The summed E-state index contributed by atoms with van der Waals surface area (Å²) < 4.78 is -0.488. The van der Waals surface area contributed by atoms with Crippen molar-refractivity contribution in [2.24, 2.45) is 0 Å². The van der Waals surface area contributed by atoms with Gasteiger partial charge in [-0.25, -0.2) is 0 Å². The minimum absolute atomic E-state index is 0.488. The lowest BCUT2D eigenvalue weighted by atomic mass is 10.3. The van der Waals surface area contributed by atoms with Gasteiger partial charge in [-0.1, -0.05) is 6.92 Å². The van der Waals surface area contributed by atoms with Crippen molar-refractivity contribution >= 4 is 22.6 Å². The van der Waals surface area contributed by atoms with Crippen molar-refractivity contribution in [2.75, 3.05) is 0 Å². The molecule has 0 saturated carbocycles. The first-order valence-corrected chi connectivity index (χ1v) is 3.05. The lowest BCUT2D eigenvalue weighted by molar-refractivity contribution is 0.172. The van der Waals surface area contributed by atoms with Crippen LogP contribution in [0.1, 0.15) is 20.3 Å². The van der Waals surface area contributed by atoms with Crippen LogP contribution in [0.3, 0.4) is 0 Å². The second kappa shape index (κ2) is 2.12. The van der Waals surface area contributed by atoms with Gasteiger partial charge in [-0.15, -0.1) is 0 Å². The third-order valence-electron chi connectivity index (χ3n) is 0.645. The summed E-state index contributed by atoms with van der Waals surface area (Å²) in [6.07, 6.45) is 0.813. The molecule has 0 spiro atoms. The molecule has 6 heavy (non-hydrogen) atoms. The predicted molar refractivity (Wildman–Crippen MR) is 34.9 cm³/mol. The normalized spacial score (nSPS) is 20.0. The summed E-state index contributed by atoms with van der Waals surface area (Å²) in [5.74, 6) is 0. The van der Waals surface area contributed by atoms with Crippen LogP contribution in [-0.4, -0.2) is 8.71 Å². The number of halogens is 1. The summed E-state index contributed by atoms with van der Waals surface area (Å²) in [5, 5.41) is 8.81. The third-order valence-corrected chi connectivity index (χ3v) is 1.41. The van der Waals surface area contributed by atoms with E-state index in [0.717, 1.165) is 6.42 Å². The maximum Gasteiger partial charge on any atom is 0.112 e. The van der Waals surface area contributed by atoms with Gasteiger partial charge in [0.1, 0.15) is 3.61 Å². The predicted octanol–water partition coefficient (Wildman–Crippen LogP) is 1.54. The van der Waals surface area contributed by atoms with Gasteiger partial charge >= 0.3 is 0 Å². The van der Waals surface area contributed by atoms with Crippen LogP contribution < -0.4 is 0 Å². The molecule has 1 nitrogen and oxygen atoms in total. The number of hydrogen-bond donors (Lipinski definition) is 1. The number of aliphatic hydroxyl groups is 1. The fourth-order valence-electron chi connectivity index (χ4n) is 0. The molecule has 0 radical (unpaired) electrons. The van der Waals surface area contributed by atoms with E-state index >= 15 is 0 Å². The maximum absolute atomic E-state index is 8.81. The fraction of sp³-hybridized carbons (Fsp3) is 1.00. The van der Waals surface area contributed by atoms with Gasteiger partial charge in [0, 0.05) is 0 Å². The number of rotatable bonds is 1. The molecule has 0 rings (SSSR count). The van der Waals surface area contributed by atoms with Crippen molar-refractivity contribution < 1.29 is 5.11 Å². The first-order chi connectivity index (χ1) is 2.56. The molecule has 0 aromatic heterocycles. The minimum Gasteiger partial charge on any atom is -0.380 e. The first-order valence-electron chi connectivity index (χ1n) is 1.97. The number of hydrogen-bond acceptors (Lipinski definition) is 1. The zero-order valence-electron chi connectivity index (χ0n) is 4.03. The van der Waals surface area contributed by atoms with Crippen molar-refractivity contribution in [1.29, 1.82) is 0 Å². The molecule has 0 aromatic carbocycles. The van der Waals surface area contributed by atoms with Crippen molar-refractivity contribution in [3.05, 3.63) is 0 Å². The van der Waals surface area contributed by atoms with Crippen LogP contribution in [0.15, 0.2) is 0 Å². The van der Waals surface area contributed by atoms with Crippen LogP contribution in [0.4, 0.5) is 0 Å². The smallest absolute Gasteiger partial charge is 0.112 e. The summed E-state index contributed by atoms with van der Waals surface area (Å²) in [4.78, 5) is 0. The van der Waals surface area contributed by atoms with Gasteiger partial charge in [0.2, 0.25) is 0 Å². The van der Waals surface area contributed by atoms with Crippen molar-refractivity contribution in [3.8, 4) is 0 Å². The Morgan fingerprint density at radius 3 is 2.00 bits per heavy atom. The molecule has 1 N–H and O–H groups in total. The van der Waals surface area contributed by atoms with E-state index in [1.165, 1.54) is 0 Å². The molecule has 0 aromatic rings. The van der Waals surface area contributed by atoms with Crippen LogP contribution in [-0.2, 0) is 0 Å². The highest BCUT2D eigenvalue weighted by Gasteiger charge is 2.08. The van der Waals surface area contributed by atoms with E-state index in [4.69, 9.17) is 5.11 Å². The number of alkyl halides is 1. The fourth-order valence-corrected chi connectivity index (χ4v) is 0. The summed E-state index contributed by atoms with van der Waals surface area (Å²) in [5.41, 5.74) is 0. The van der Waals surface area contributed by atoms with Crippen LogP contribution in [0.5, 0.6) is 0 Å². The van der Waals surface area contributed by atoms with Crippen LogP contribution in [0, 0.1) is 0 Å². The Labute approximate surface area is 51.9 Å². The lowest BCUT2D eigenvalue weighted by Crippen LogP contribution is -2.10. The molecule has 0 aliphatic carbocycles. The Bertz CT molecular complexity index is 37.3. The lowest BCUT2D eigenvalue weighted by Gasteiger charge is -2.08. The van der Waals surface area contributed by atoms with Gasteiger partial charge in [0.15, 0.2) is 0 Å². The molecule has 1 atom stereocenters. The summed E-state index contributed by atoms with van der Waals surface area (Å²) in [7, 11) is 0. The average molecular weight is 200 g/mol. The molecule has 0 saturated heterocycles. The van der Waals surface area contributed by atoms with E-state index in [2.05, 4.69) is 0 Å². The highest BCUT2D eigenvalue weighted by Crippen LogP contribution is 2.16. The van der Waals surface area contributed by atoms with Crippen LogP contribution >= 0.6 is 22.6 Å². The van der Waals surface area contributed by atoms with E-state index in [9.17, 15) is 0 Å². The third kappa shape index (κ3) is 4.69. The Kier molecular flexibility index (Phi) is 2.36. The Balaban J connectivity index is 3.17. The monoisotopic (exact) mass is 200 g/mol. The largest absolute Gasteiger partial charge is 0.380 e. The summed E-state index contributed by atoms with van der Waals surface area (Å²) >= 11 is 2.00. The quantitative estimate of drug-likeness (QED) is 0.502. The maximum atomic E-state index is 8.81. The minimum atomic E-state index is -0.488. The van der Waals surface area contributed by atoms with Gasteiger partial charge in [0.25, 0.3) is 0 Å². The molecular formula is C4H9IO. The summed E-state index contributed by atoms with van der Waals surface area (Å²) in [6.45, 7) is 3.74. The molecule has 38 valence electrons. The first kappa shape index (κ1) is 6.69. The van der Waals surface area contributed by atoms with Gasteiger partial charge in [-0.05, 0) is 35.9 Å². The molecule has 2 heteroatoms. The van der Waals surface area contributed by atoms with Crippen LogP contribution in [0.25, 0.3) is 0 Å². The van der Waals surface area contributed by atoms with E-state index in [-0.39, 0.29) is 0 Å². The second-order valence-electron chi connectivity index (χ2n) is 1.50. The highest BCUT2D eigenvalue weighted by molar-refractivity contribution is 14.1. The topological polar surface area (TPSA) is 20.2 Å². The molecular weight excluding hydrogens is 191 g/mol. The van der Waals surface area contributed by atoms with Crippen molar-refractivity contribution in [3.63, 3.8) is 0 Å². The van der Waals surface area contributed by atoms with E-state index in [0.29, 0.717) is 0 Å². The molecule has 0 heterocycles. The van der Waals surface area contributed by atoms with Crippen molar-refractivity contribution in [1.82, 2.24) is 0 Å². The zero-order valence-corrected chi connectivity index (χ0v) is 6.19. The van der Waals surface area contributed by atoms with Gasteiger partial charge < -0.3 is 5.11 Å². The van der Waals surface area contributed by atoms with Gasteiger partial charge in [-0.3, -0.25) is 0 Å². The SMILES string of the molecule is CC[C@@](C)(O)I. The van der Waals surface area contributed by atoms with E-state index in [1.54, 1.807) is 6.92 Å². The van der Waals surface area contributed by atoms with Gasteiger partial charge in [0.05, 0.1) is 0 Å². The Morgan fingerprint density at radius 1 is 1.83 bits per heavy atom. The highest BCUT2D eigenvalue weighted by atomic mass is 127. The molecule has 0 unspecified atom stereocenters. The van der Waals surface area contributed by atoms with E-state index in [1.807, 2.05) is 29.5 Å². The standard InChI is InChI=1S/C4H9IO/c1-3-4(2,5)6/h6H,3H2,1-2H3/t4-/m1/s1. The second-order valence-corrected chi connectivity index (χ2v) is 3.82. The zero-order chi connectivity index (χ0) is 5.21. The Morgan fingerprint density at radius 2 is 2.00 bits per heavy atom. The average Bonchev–Trinajstić information content (AvgIpc) is 1.35. The Hall–Kier alpha value is 0.690.